The first-order valence-electron chi connectivity index (χ1n) is 7.53. The molecule has 0 amide bonds. The van der Waals surface area contributed by atoms with Gasteiger partial charge < -0.3 is 4.74 Å². The van der Waals surface area contributed by atoms with Gasteiger partial charge in [0.05, 0.1) is 5.92 Å². The van der Waals surface area contributed by atoms with E-state index in [1.807, 2.05) is 32.0 Å². The lowest BCUT2D eigenvalue weighted by Crippen LogP contribution is -2.24. The third kappa shape index (κ3) is 6.81. The van der Waals surface area contributed by atoms with Gasteiger partial charge in [-0.1, -0.05) is 56.3 Å². The average molecular weight is 309 g/mol. The number of hydrogen-bond acceptors (Lipinski definition) is 2. The van der Waals surface area contributed by atoms with Crippen molar-refractivity contribution in [3.8, 4) is 0 Å². The molecule has 2 atom stereocenters. The molecule has 0 N–H and O–H groups in total. The summed E-state index contributed by atoms with van der Waals surface area (Å²) in [6, 6.07) is 10.2. The Morgan fingerprint density at radius 1 is 1.33 bits per heavy atom. The molecule has 0 radical (unpaired) electrons. The maximum atomic E-state index is 12.0. The topological polar surface area (TPSA) is 26.3 Å². The van der Waals surface area contributed by atoms with Gasteiger partial charge in [-0.25, -0.2) is 0 Å². The molecule has 0 aromatic heterocycles. The summed E-state index contributed by atoms with van der Waals surface area (Å²) in [5, 5.41) is 0. The van der Waals surface area contributed by atoms with Crippen molar-refractivity contribution in [2.75, 3.05) is 5.88 Å². The second-order valence-corrected chi connectivity index (χ2v) is 5.75. The van der Waals surface area contributed by atoms with Crippen molar-refractivity contribution in [3.05, 3.63) is 48.0 Å². The Bertz CT molecular complexity index is 442. The van der Waals surface area contributed by atoms with Crippen LogP contribution in [0.5, 0.6) is 0 Å². The van der Waals surface area contributed by atoms with E-state index in [0.29, 0.717) is 12.3 Å². The Morgan fingerprint density at radius 2 is 2.00 bits per heavy atom. The summed E-state index contributed by atoms with van der Waals surface area (Å²) in [6.45, 7) is 7.80. The number of hydrogen-bond donors (Lipinski definition) is 0. The highest BCUT2D eigenvalue weighted by Gasteiger charge is 2.19. The van der Waals surface area contributed by atoms with E-state index < -0.39 is 0 Å². The molecule has 0 fully saturated rings. The monoisotopic (exact) mass is 308 g/mol. The second kappa shape index (κ2) is 9.62. The number of aryl methyl sites for hydroxylation is 1. The van der Waals surface area contributed by atoms with Crippen LogP contribution in [-0.4, -0.2) is 18.0 Å². The van der Waals surface area contributed by atoms with Gasteiger partial charge in [0.1, 0.15) is 6.10 Å². The van der Waals surface area contributed by atoms with Gasteiger partial charge in [0.25, 0.3) is 0 Å². The summed E-state index contributed by atoms with van der Waals surface area (Å²) < 4.78 is 5.64. The predicted octanol–water partition coefficient (Wildman–Crippen LogP) is 4.76. The van der Waals surface area contributed by atoms with E-state index in [0.717, 1.165) is 24.8 Å². The zero-order valence-electron chi connectivity index (χ0n) is 13.0. The fourth-order valence-corrected chi connectivity index (χ4v) is 2.11. The van der Waals surface area contributed by atoms with Gasteiger partial charge in [-0.15, -0.1) is 11.6 Å². The molecule has 116 valence electrons. The SMILES string of the molecule is C=C(CCl)C[C@@H](CCc1ccccc1)OC(=O)[C@@H](C)CC. The molecule has 1 aromatic carbocycles. The highest BCUT2D eigenvalue weighted by atomic mass is 35.5. The van der Waals surface area contributed by atoms with Gasteiger partial charge >= 0.3 is 5.97 Å². The molecule has 0 saturated carbocycles. The van der Waals surface area contributed by atoms with Crippen molar-refractivity contribution in [1.29, 1.82) is 0 Å². The smallest absolute Gasteiger partial charge is 0.308 e. The van der Waals surface area contributed by atoms with Gasteiger partial charge in [-0.2, -0.15) is 0 Å². The first-order valence-corrected chi connectivity index (χ1v) is 8.07. The molecule has 0 heterocycles. The quantitative estimate of drug-likeness (QED) is 0.373. The van der Waals surface area contributed by atoms with E-state index in [1.165, 1.54) is 5.56 Å². The van der Waals surface area contributed by atoms with Crippen LogP contribution in [0.25, 0.3) is 0 Å². The maximum Gasteiger partial charge on any atom is 0.308 e. The number of alkyl halides is 1. The number of ether oxygens (including phenoxy) is 1. The Labute approximate surface area is 133 Å². The molecule has 0 aliphatic heterocycles. The number of carbonyl (C=O) groups excluding carboxylic acids is 1. The maximum absolute atomic E-state index is 12.0. The van der Waals surface area contributed by atoms with Gasteiger partial charge in [0.15, 0.2) is 0 Å². The minimum absolute atomic E-state index is 0.0616. The molecule has 0 aliphatic carbocycles. The number of rotatable bonds is 9. The van der Waals surface area contributed by atoms with Gasteiger partial charge in [-0.3, -0.25) is 4.79 Å². The molecule has 0 unspecified atom stereocenters. The number of halogens is 1. The van der Waals surface area contributed by atoms with Crippen LogP contribution in [-0.2, 0) is 16.0 Å². The first kappa shape index (κ1) is 17.8. The van der Waals surface area contributed by atoms with Crippen LogP contribution >= 0.6 is 11.6 Å². The van der Waals surface area contributed by atoms with E-state index in [2.05, 4.69) is 18.7 Å². The van der Waals surface area contributed by atoms with Crippen molar-refractivity contribution < 1.29 is 9.53 Å². The zero-order chi connectivity index (χ0) is 15.7. The van der Waals surface area contributed by atoms with Crippen molar-refractivity contribution in [3.63, 3.8) is 0 Å². The largest absolute Gasteiger partial charge is 0.462 e. The predicted molar refractivity (Wildman–Crippen MR) is 88.6 cm³/mol. The lowest BCUT2D eigenvalue weighted by molar-refractivity contribution is -0.153. The Morgan fingerprint density at radius 3 is 2.57 bits per heavy atom. The molecule has 1 aromatic rings. The Balaban J connectivity index is 2.59. The summed E-state index contributed by atoms with van der Waals surface area (Å²) in [5.41, 5.74) is 2.16. The van der Waals surface area contributed by atoms with E-state index in [9.17, 15) is 4.79 Å². The summed E-state index contributed by atoms with van der Waals surface area (Å²) in [7, 11) is 0. The molecule has 0 spiro atoms. The normalized spacial score (nSPS) is 13.5. The Hall–Kier alpha value is -1.28. The molecular weight excluding hydrogens is 284 g/mol. The molecule has 1 rings (SSSR count). The molecule has 2 nitrogen and oxygen atoms in total. The first-order chi connectivity index (χ1) is 10.1. The van der Waals surface area contributed by atoms with Crippen LogP contribution in [0.3, 0.4) is 0 Å². The summed E-state index contributed by atoms with van der Waals surface area (Å²) >= 11 is 5.80. The standard InChI is InChI=1S/C18H25ClO2/c1-4-15(3)18(20)21-17(12-14(2)13-19)11-10-16-8-6-5-7-9-16/h5-9,15,17H,2,4,10-13H2,1,3H3/t15-,17+/m0/s1. The molecule has 0 saturated heterocycles. The fourth-order valence-electron chi connectivity index (χ4n) is 2.00. The zero-order valence-corrected chi connectivity index (χ0v) is 13.7. The van der Waals surface area contributed by atoms with Crippen LogP contribution in [0.1, 0.15) is 38.7 Å². The molecule has 3 heteroatoms. The van der Waals surface area contributed by atoms with Crippen LogP contribution in [0.15, 0.2) is 42.5 Å². The van der Waals surface area contributed by atoms with Crippen LogP contribution in [0.4, 0.5) is 0 Å². The van der Waals surface area contributed by atoms with Crippen LogP contribution in [0, 0.1) is 5.92 Å². The van der Waals surface area contributed by atoms with Gasteiger partial charge in [-0.05, 0) is 24.8 Å². The highest BCUT2D eigenvalue weighted by Crippen LogP contribution is 2.17. The Kier molecular flexibility index (Phi) is 8.14. The van der Waals surface area contributed by atoms with Crippen molar-refractivity contribution in [2.45, 2.75) is 45.6 Å². The lowest BCUT2D eigenvalue weighted by Gasteiger charge is -2.20. The van der Waals surface area contributed by atoms with Crippen LogP contribution < -0.4 is 0 Å². The van der Waals surface area contributed by atoms with E-state index in [-0.39, 0.29) is 18.0 Å². The average Bonchev–Trinajstić information content (AvgIpc) is 2.52. The molecule has 21 heavy (non-hydrogen) atoms. The van der Waals surface area contributed by atoms with E-state index in [1.54, 1.807) is 0 Å². The van der Waals surface area contributed by atoms with Crippen molar-refractivity contribution >= 4 is 17.6 Å². The molecule has 0 aliphatic rings. The van der Waals surface area contributed by atoms with E-state index in [4.69, 9.17) is 16.3 Å². The number of esters is 1. The summed E-state index contributed by atoms with van der Waals surface area (Å²) in [5.74, 6) is 0.217. The van der Waals surface area contributed by atoms with Gasteiger partial charge in [0.2, 0.25) is 0 Å². The summed E-state index contributed by atoms with van der Waals surface area (Å²) in [4.78, 5) is 12.0. The second-order valence-electron chi connectivity index (χ2n) is 5.48. The highest BCUT2D eigenvalue weighted by molar-refractivity contribution is 6.19. The minimum Gasteiger partial charge on any atom is -0.462 e. The minimum atomic E-state index is -0.141. The molecular formula is C18H25ClO2. The number of carbonyl (C=O) groups is 1. The fraction of sp³-hybridized carbons (Fsp3) is 0.500. The van der Waals surface area contributed by atoms with Crippen LogP contribution in [0.2, 0.25) is 0 Å². The van der Waals surface area contributed by atoms with Crippen molar-refractivity contribution in [2.24, 2.45) is 5.92 Å². The van der Waals surface area contributed by atoms with Gasteiger partial charge in [0, 0.05) is 12.3 Å². The third-order valence-corrected chi connectivity index (χ3v) is 3.98. The van der Waals surface area contributed by atoms with E-state index >= 15 is 0 Å². The van der Waals surface area contributed by atoms with Crippen molar-refractivity contribution in [1.82, 2.24) is 0 Å². The molecule has 0 bridgehead atoms. The third-order valence-electron chi connectivity index (χ3n) is 3.60. The summed E-state index contributed by atoms with van der Waals surface area (Å²) in [6.07, 6.45) is 2.97. The number of benzene rings is 1. The lowest BCUT2D eigenvalue weighted by atomic mass is 10.0.